The van der Waals surface area contributed by atoms with Crippen LogP contribution in [0.1, 0.15) is 158 Å². The topological polar surface area (TPSA) is 80.1 Å². The molecule has 0 N–H and O–H groups in total. The predicted octanol–water partition coefficient (Wildman–Crippen LogP) is 13.7. The Morgan fingerprint density at radius 3 is 1.12 bits per heavy atom. The van der Waals surface area contributed by atoms with Crippen LogP contribution < -0.4 is 18.9 Å². The maximum absolute atomic E-state index is 11.5. The van der Waals surface area contributed by atoms with Gasteiger partial charge in [-0.25, -0.2) is 0 Å². The fraction of sp³-hybridized carbons (Fsp3) is 0.727. The van der Waals surface area contributed by atoms with E-state index in [0.29, 0.717) is 48.4 Å². The number of nitrogens with zero attached hydrogens (tertiary/aromatic N) is 1. The van der Waals surface area contributed by atoms with Gasteiger partial charge >= 0.3 is 5.69 Å². The van der Waals surface area contributed by atoms with Crippen LogP contribution in [-0.4, -0.2) is 31.4 Å². The highest BCUT2D eigenvalue weighted by Gasteiger charge is 2.19. The molecule has 0 saturated carbocycles. The zero-order valence-corrected chi connectivity index (χ0v) is 33.9. The maximum Gasteiger partial charge on any atom is 0.314 e. The summed E-state index contributed by atoms with van der Waals surface area (Å²) in [6.45, 7) is 20.4. The lowest BCUT2D eigenvalue weighted by molar-refractivity contribution is -0.386. The van der Waals surface area contributed by atoms with Gasteiger partial charge in [0.2, 0.25) is 0 Å². The molecule has 4 atom stereocenters. The summed E-state index contributed by atoms with van der Waals surface area (Å²) in [5.74, 6) is 5.05. The van der Waals surface area contributed by atoms with Gasteiger partial charge in [-0.3, -0.25) is 10.1 Å². The van der Waals surface area contributed by atoms with Crippen LogP contribution in [-0.2, 0) is 0 Å². The van der Waals surface area contributed by atoms with E-state index in [-0.39, 0.29) is 10.6 Å². The molecule has 0 amide bonds. The van der Waals surface area contributed by atoms with E-state index >= 15 is 0 Å². The van der Waals surface area contributed by atoms with Crippen molar-refractivity contribution in [1.29, 1.82) is 0 Å². The first-order valence-electron chi connectivity index (χ1n) is 20.7. The molecule has 0 aromatic heterocycles. The van der Waals surface area contributed by atoms with Crippen LogP contribution in [0.25, 0.3) is 0 Å². The first-order valence-corrected chi connectivity index (χ1v) is 20.7. The summed E-state index contributed by atoms with van der Waals surface area (Å²) in [6.07, 6.45) is 19.0. The number of ether oxygens (including phenoxy) is 4. The number of nitro groups is 1. The van der Waals surface area contributed by atoms with Crippen LogP contribution in [0.2, 0.25) is 0 Å². The number of unbranched alkanes of at least 4 members (excludes halogenated alkanes) is 4. The zero-order chi connectivity index (χ0) is 37.7. The molecule has 0 fully saturated rings. The third-order valence-corrected chi connectivity index (χ3v) is 10.1. The van der Waals surface area contributed by atoms with Crippen molar-refractivity contribution in [2.75, 3.05) is 26.4 Å². The number of benzene rings is 2. The number of nitro benzene ring substituents is 1. The van der Waals surface area contributed by atoms with Crippen molar-refractivity contribution < 1.29 is 23.9 Å². The summed E-state index contributed by atoms with van der Waals surface area (Å²) < 4.78 is 23.6. The van der Waals surface area contributed by atoms with E-state index in [0.717, 1.165) is 63.2 Å². The van der Waals surface area contributed by atoms with Crippen molar-refractivity contribution in [1.82, 2.24) is 0 Å². The molecule has 7 heteroatoms. The molecule has 0 saturated heterocycles. The van der Waals surface area contributed by atoms with Crippen molar-refractivity contribution in [3.8, 4) is 23.0 Å². The van der Waals surface area contributed by atoms with Crippen LogP contribution in [0, 0.1) is 33.8 Å². The Kier molecular flexibility index (Phi) is 26.7. The number of hydrogen-bond donors (Lipinski definition) is 0. The SMILES string of the molecule is CCCCC(CC)COc1ccc(OCC(CC)CCCC)c([N+](=O)[O-])c1.CCCCC(CC)COc1ccc(OCC(CC)CCCC)cc1. The van der Waals surface area contributed by atoms with Crippen molar-refractivity contribution in [3.63, 3.8) is 0 Å². The molecular weight excluding hydrogens is 638 g/mol. The monoisotopic (exact) mass is 714 g/mol. The molecule has 2 aromatic carbocycles. The van der Waals surface area contributed by atoms with Crippen molar-refractivity contribution >= 4 is 5.69 Å². The minimum Gasteiger partial charge on any atom is -0.493 e. The molecule has 0 bridgehead atoms. The predicted molar refractivity (Wildman–Crippen MR) is 215 cm³/mol. The van der Waals surface area contributed by atoms with Gasteiger partial charge in [-0.05, 0) is 85.8 Å². The van der Waals surface area contributed by atoms with Gasteiger partial charge in [-0.15, -0.1) is 0 Å². The highest BCUT2D eigenvalue weighted by Crippen LogP contribution is 2.32. The molecule has 0 spiro atoms. The Morgan fingerprint density at radius 1 is 0.490 bits per heavy atom. The number of hydrogen-bond acceptors (Lipinski definition) is 6. The summed E-state index contributed by atoms with van der Waals surface area (Å²) in [5, 5.41) is 11.5. The van der Waals surface area contributed by atoms with E-state index in [9.17, 15) is 10.1 Å². The molecule has 0 aliphatic carbocycles. The van der Waals surface area contributed by atoms with E-state index in [4.69, 9.17) is 18.9 Å². The molecule has 0 radical (unpaired) electrons. The van der Waals surface area contributed by atoms with Crippen LogP contribution in [0.4, 0.5) is 5.69 Å². The summed E-state index contributed by atoms with van der Waals surface area (Å²) in [6, 6.07) is 13.1. The van der Waals surface area contributed by atoms with Gasteiger partial charge in [0.05, 0.1) is 37.4 Å². The number of rotatable bonds is 29. The van der Waals surface area contributed by atoms with Crippen LogP contribution in [0.3, 0.4) is 0 Å². The van der Waals surface area contributed by atoms with Gasteiger partial charge in [0.15, 0.2) is 5.75 Å². The lowest BCUT2D eigenvalue weighted by atomic mass is 10.0. The third kappa shape index (κ3) is 20.6. The smallest absolute Gasteiger partial charge is 0.314 e. The Bertz CT molecular complexity index is 1080. The second-order valence-corrected chi connectivity index (χ2v) is 14.3. The first kappa shape index (κ1) is 46.1. The van der Waals surface area contributed by atoms with Gasteiger partial charge in [0, 0.05) is 0 Å². The molecule has 292 valence electrons. The minimum absolute atomic E-state index is 0.0144. The molecular formula is C44H75NO6. The average Bonchev–Trinajstić information content (AvgIpc) is 3.16. The van der Waals surface area contributed by atoms with Crippen molar-refractivity contribution in [3.05, 3.63) is 52.6 Å². The Labute approximate surface area is 312 Å². The zero-order valence-electron chi connectivity index (χ0n) is 33.9. The summed E-state index contributed by atoms with van der Waals surface area (Å²) in [4.78, 5) is 11.1. The Morgan fingerprint density at radius 2 is 0.804 bits per heavy atom. The Balaban J connectivity index is 0.000000514. The van der Waals surface area contributed by atoms with Gasteiger partial charge in [-0.1, -0.05) is 132 Å². The standard InChI is InChI=1S/C22H37NO4.C22H38O2/c1-5-9-11-18(7-3)16-26-20-13-14-22(21(15-20)23(24)25)27-17-19(8-4)12-10-6-2;1-5-9-11-19(7-3)17-23-21-13-15-22(16-14-21)24-18-20(8-4)12-10-6-2/h13-15,18-19H,5-12,16-17H2,1-4H3;13-16,19-20H,5-12,17-18H2,1-4H3. The first-order chi connectivity index (χ1) is 24.8. The van der Waals surface area contributed by atoms with Crippen LogP contribution in [0.15, 0.2) is 42.5 Å². The fourth-order valence-corrected chi connectivity index (χ4v) is 5.93. The van der Waals surface area contributed by atoms with Gasteiger partial charge < -0.3 is 18.9 Å². The molecule has 0 aliphatic rings. The van der Waals surface area contributed by atoms with Gasteiger partial charge in [-0.2, -0.15) is 0 Å². The summed E-state index contributed by atoms with van der Waals surface area (Å²) in [5.41, 5.74) is -0.0144. The Hall–Kier alpha value is -2.96. The molecule has 0 aliphatic heterocycles. The molecule has 0 heterocycles. The van der Waals surface area contributed by atoms with E-state index < -0.39 is 0 Å². The normalized spacial score (nSPS) is 13.3. The second-order valence-electron chi connectivity index (χ2n) is 14.3. The highest BCUT2D eigenvalue weighted by atomic mass is 16.6. The molecule has 2 aromatic rings. The van der Waals surface area contributed by atoms with E-state index in [1.807, 2.05) is 24.3 Å². The third-order valence-electron chi connectivity index (χ3n) is 10.1. The molecule has 4 unspecified atom stereocenters. The fourth-order valence-electron chi connectivity index (χ4n) is 5.93. The maximum atomic E-state index is 11.5. The van der Waals surface area contributed by atoms with Crippen molar-refractivity contribution in [2.24, 2.45) is 23.7 Å². The minimum atomic E-state index is -0.385. The van der Waals surface area contributed by atoms with Crippen molar-refractivity contribution in [2.45, 2.75) is 158 Å². The summed E-state index contributed by atoms with van der Waals surface area (Å²) >= 11 is 0. The lowest BCUT2D eigenvalue weighted by Gasteiger charge is -2.17. The summed E-state index contributed by atoms with van der Waals surface area (Å²) in [7, 11) is 0. The largest absolute Gasteiger partial charge is 0.493 e. The molecule has 7 nitrogen and oxygen atoms in total. The van der Waals surface area contributed by atoms with E-state index in [1.54, 1.807) is 12.1 Å². The van der Waals surface area contributed by atoms with Gasteiger partial charge in [0.25, 0.3) is 0 Å². The quantitative estimate of drug-likeness (QED) is 0.0617. The van der Waals surface area contributed by atoms with E-state index in [2.05, 4.69) is 55.4 Å². The lowest BCUT2D eigenvalue weighted by Crippen LogP contribution is -2.13. The second kappa shape index (κ2) is 29.6. The molecule has 2 rings (SSSR count). The van der Waals surface area contributed by atoms with E-state index in [1.165, 1.54) is 70.3 Å². The highest BCUT2D eigenvalue weighted by molar-refractivity contribution is 5.51. The average molecular weight is 714 g/mol. The van der Waals surface area contributed by atoms with Gasteiger partial charge in [0.1, 0.15) is 17.2 Å². The van der Waals surface area contributed by atoms with Crippen LogP contribution >= 0.6 is 0 Å². The molecule has 51 heavy (non-hydrogen) atoms. The van der Waals surface area contributed by atoms with Crippen LogP contribution in [0.5, 0.6) is 23.0 Å².